The number of nitrogens with one attached hydrogen (secondary N) is 2. The van der Waals surface area contributed by atoms with Crippen molar-refractivity contribution in [1.29, 1.82) is 0 Å². The Balaban J connectivity index is 1.73. The summed E-state index contributed by atoms with van der Waals surface area (Å²) in [6.07, 6.45) is 4.66. The van der Waals surface area contributed by atoms with Gasteiger partial charge in [0.25, 0.3) is 0 Å². The molecule has 2 heterocycles. The van der Waals surface area contributed by atoms with Crippen LogP contribution in [0.2, 0.25) is 0 Å². The van der Waals surface area contributed by atoms with Gasteiger partial charge in [-0.1, -0.05) is 6.92 Å². The van der Waals surface area contributed by atoms with E-state index in [4.69, 9.17) is 0 Å². The molecule has 0 aromatic rings. The fraction of sp³-hybridized carbons (Fsp3) is 0.923. The lowest BCUT2D eigenvalue weighted by Gasteiger charge is -2.32. The molecule has 17 heavy (non-hydrogen) atoms. The lowest BCUT2D eigenvalue weighted by Crippen LogP contribution is -2.51. The lowest BCUT2D eigenvalue weighted by molar-refractivity contribution is 0.171. The minimum Gasteiger partial charge on any atom is -0.336 e. The van der Waals surface area contributed by atoms with Crippen molar-refractivity contribution < 1.29 is 4.79 Å². The van der Waals surface area contributed by atoms with E-state index in [1.54, 1.807) is 0 Å². The highest BCUT2D eigenvalue weighted by Crippen LogP contribution is 2.18. The molecule has 4 nitrogen and oxygen atoms in total. The zero-order valence-corrected chi connectivity index (χ0v) is 11.1. The van der Waals surface area contributed by atoms with Crippen LogP contribution < -0.4 is 10.6 Å². The zero-order valence-electron chi connectivity index (χ0n) is 11.1. The summed E-state index contributed by atoms with van der Waals surface area (Å²) in [5, 5.41) is 6.54. The number of nitrogens with zero attached hydrogens (tertiary/aromatic N) is 1. The fourth-order valence-corrected chi connectivity index (χ4v) is 2.70. The highest BCUT2D eigenvalue weighted by atomic mass is 16.2. The van der Waals surface area contributed by atoms with Gasteiger partial charge in [-0.05, 0) is 45.1 Å². The van der Waals surface area contributed by atoms with E-state index >= 15 is 0 Å². The van der Waals surface area contributed by atoms with Gasteiger partial charge in [0.2, 0.25) is 0 Å². The van der Waals surface area contributed by atoms with Crippen molar-refractivity contribution in [2.24, 2.45) is 5.92 Å². The quantitative estimate of drug-likeness (QED) is 0.768. The van der Waals surface area contributed by atoms with Crippen LogP contribution in [0.25, 0.3) is 0 Å². The second kappa shape index (κ2) is 5.25. The summed E-state index contributed by atoms with van der Waals surface area (Å²) >= 11 is 0. The maximum atomic E-state index is 12.0. The van der Waals surface area contributed by atoms with Gasteiger partial charge in [0.1, 0.15) is 0 Å². The second-order valence-electron chi connectivity index (χ2n) is 5.92. The van der Waals surface area contributed by atoms with Crippen LogP contribution in [0.15, 0.2) is 0 Å². The normalized spacial score (nSPS) is 30.6. The van der Waals surface area contributed by atoms with Crippen molar-refractivity contribution in [2.75, 3.05) is 26.2 Å². The largest absolute Gasteiger partial charge is 0.336 e. The summed E-state index contributed by atoms with van der Waals surface area (Å²) in [7, 11) is 0. The van der Waals surface area contributed by atoms with Crippen LogP contribution in [0.5, 0.6) is 0 Å². The lowest BCUT2D eigenvalue weighted by atomic mass is 9.99. The fourth-order valence-electron chi connectivity index (χ4n) is 2.70. The monoisotopic (exact) mass is 239 g/mol. The van der Waals surface area contributed by atoms with E-state index in [0.29, 0.717) is 0 Å². The second-order valence-corrected chi connectivity index (χ2v) is 5.92. The minimum atomic E-state index is 0.110. The molecule has 2 aliphatic heterocycles. The number of hydrogen-bond donors (Lipinski definition) is 2. The number of amides is 2. The van der Waals surface area contributed by atoms with Gasteiger partial charge in [-0.2, -0.15) is 0 Å². The Morgan fingerprint density at radius 3 is 2.76 bits per heavy atom. The molecule has 2 aliphatic rings. The zero-order chi connectivity index (χ0) is 12.3. The molecule has 2 rings (SSSR count). The van der Waals surface area contributed by atoms with Crippen LogP contribution in [-0.4, -0.2) is 42.6 Å². The molecule has 2 amide bonds. The molecule has 1 unspecified atom stereocenters. The predicted octanol–water partition coefficient (Wildman–Crippen LogP) is 1.57. The molecule has 0 aromatic carbocycles. The Morgan fingerprint density at radius 2 is 2.18 bits per heavy atom. The molecule has 0 aliphatic carbocycles. The first kappa shape index (κ1) is 12.7. The molecule has 0 radical (unpaired) electrons. The number of urea groups is 1. The number of hydrogen-bond acceptors (Lipinski definition) is 2. The van der Waals surface area contributed by atoms with Crippen molar-refractivity contribution in [2.45, 2.75) is 45.1 Å². The molecule has 0 bridgehead atoms. The Morgan fingerprint density at radius 1 is 1.47 bits per heavy atom. The third-order valence-corrected chi connectivity index (χ3v) is 4.16. The average molecular weight is 239 g/mol. The smallest absolute Gasteiger partial charge is 0.317 e. The van der Waals surface area contributed by atoms with Gasteiger partial charge in [-0.25, -0.2) is 4.79 Å². The van der Waals surface area contributed by atoms with E-state index in [0.717, 1.165) is 51.4 Å². The van der Waals surface area contributed by atoms with Gasteiger partial charge in [0.05, 0.1) is 0 Å². The molecule has 98 valence electrons. The third kappa shape index (κ3) is 3.35. The number of rotatable bonds is 2. The van der Waals surface area contributed by atoms with Gasteiger partial charge >= 0.3 is 6.03 Å². The molecule has 2 saturated heterocycles. The number of likely N-dealkylation sites (tertiary alicyclic amines) is 1. The van der Waals surface area contributed by atoms with E-state index < -0.39 is 0 Å². The molecule has 1 atom stereocenters. The molecular formula is C13H25N3O. The summed E-state index contributed by atoms with van der Waals surface area (Å²) in [4.78, 5) is 13.9. The Bertz CT molecular complexity index is 266. The van der Waals surface area contributed by atoms with Gasteiger partial charge in [-0.3, -0.25) is 0 Å². The molecule has 2 N–H and O–H groups in total. The first-order valence-corrected chi connectivity index (χ1v) is 6.87. The highest BCUT2D eigenvalue weighted by molar-refractivity contribution is 5.74. The van der Waals surface area contributed by atoms with Crippen LogP contribution in [0.3, 0.4) is 0 Å². The molecule has 0 saturated carbocycles. The van der Waals surface area contributed by atoms with E-state index in [-0.39, 0.29) is 11.6 Å². The van der Waals surface area contributed by atoms with E-state index in [1.165, 1.54) is 6.42 Å². The van der Waals surface area contributed by atoms with Crippen molar-refractivity contribution in [3.63, 3.8) is 0 Å². The first-order valence-electron chi connectivity index (χ1n) is 6.87. The van der Waals surface area contributed by atoms with Gasteiger partial charge in [-0.15, -0.1) is 0 Å². The molecule has 0 aromatic heterocycles. The van der Waals surface area contributed by atoms with E-state index in [9.17, 15) is 4.79 Å². The van der Waals surface area contributed by atoms with Crippen LogP contribution in [0.4, 0.5) is 4.79 Å². The topological polar surface area (TPSA) is 44.4 Å². The number of carbonyl (C=O) groups is 1. The van der Waals surface area contributed by atoms with E-state index in [2.05, 4.69) is 24.5 Å². The third-order valence-electron chi connectivity index (χ3n) is 4.16. The first-order chi connectivity index (χ1) is 8.09. The predicted molar refractivity (Wildman–Crippen MR) is 69.0 cm³/mol. The maximum absolute atomic E-state index is 12.0. The number of carbonyl (C=O) groups excluding carboxylic acids is 1. The van der Waals surface area contributed by atoms with E-state index in [1.807, 2.05) is 4.90 Å². The standard InChI is InChI=1S/C13H25N3O/c1-11-4-8-16(9-5-11)12(17)14-10-13(2)6-3-7-15-13/h11,15H,3-10H2,1-2H3,(H,14,17). The highest BCUT2D eigenvalue weighted by Gasteiger charge is 2.29. The van der Waals surface area contributed by atoms with Crippen molar-refractivity contribution >= 4 is 6.03 Å². The van der Waals surface area contributed by atoms with Crippen LogP contribution in [0.1, 0.15) is 39.5 Å². The number of piperidine rings is 1. The van der Waals surface area contributed by atoms with Crippen molar-refractivity contribution in [3.8, 4) is 0 Å². The van der Waals surface area contributed by atoms with Crippen LogP contribution in [-0.2, 0) is 0 Å². The Hall–Kier alpha value is -0.770. The maximum Gasteiger partial charge on any atom is 0.317 e. The minimum absolute atomic E-state index is 0.110. The molecule has 0 spiro atoms. The van der Waals surface area contributed by atoms with Crippen molar-refractivity contribution in [3.05, 3.63) is 0 Å². The Kier molecular flexibility index (Phi) is 3.92. The Labute approximate surface area is 104 Å². The van der Waals surface area contributed by atoms with Gasteiger partial charge < -0.3 is 15.5 Å². The summed E-state index contributed by atoms with van der Waals surface area (Å²) in [5.74, 6) is 0.771. The van der Waals surface area contributed by atoms with Gasteiger partial charge in [0, 0.05) is 25.2 Å². The summed E-state index contributed by atoms with van der Waals surface area (Å²) < 4.78 is 0. The van der Waals surface area contributed by atoms with Gasteiger partial charge in [0.15, 0.2) is 0 Å². The summed E-state index contributed by atoms with van der Waals surface area (Å²) in [6, 6.07) is 0.117. The molecule has 4 heteroatoms. The SMILES string of the molecule is CC1CCN(C(=O)NCC2(C)CCCN2)CC1. The summed E-state index contributed by atoms with van der Waals surface area (Å²) in [5.41, 5.74) is 0.110. The van der Waals surface area contributed by atoms with Crippen LogP contribution in [0, 0.1) is 5.92 Å². The molecule has 2 fully saturated rings. The average Bonchev–Trinajstić information content (AvgIpc) is 2.75. The van der Waals surface area contributed by atoms with Crippen molar-refractivity contribution in [1.82, 2.24) is 15.5 Å². The van der Waals surface area contributed by atoms with Crippen LogP contribution >= 0.6 is 0 Å². The summed E-state index contributed by atoms with van der Waals surface area (Å²) in [6.45, 7) is 8.11. The molecular weight excluding hydrogens is 214 g/mol.